The second kappa shape index (κ2) is 3.98. The van der Waals surface area contributed by atoms with Crippen molar-refractivity contribution in [3.05, 3.63) is 28.8 Å². The van der Waals surface area contributed by atoms with Gasteiger partial charge in [0.15, 0.2) is 0 Å². The zero-order valence-corrected chi connectivity index (χ0v) is 9.75. The van der Waals surface area contributed by atoms with Crippen molar-refractivity contribution in [2.75, 3.05) is 7.11 Å². The van der Waals surface area contributed by atoms with Gasteiger partial charge in [0.25, 0.3) is 0 Å². The lowest BCUT2D eigenvalue weighted by Gasteiger charge is -2.13. The first-order chi connectivity index (χ1) is 7.57. The van der Waals surface area contributed by atoms with Crippen LogP contribution < -0.4 is 4.74 Å². The van der Waals surface area contributed by atoms with Crippen molar-refractivity contribution in [2.45, 2.75) is 19.3 Å². The summed E-state index contributed by atoms with van der Waals surface area (Å²) in [5.41, 5.74) is 0.285. The lowest BCUT2D eigenvalue weighted by Crippen LogP contribution is -2.17. The van der Waals surface area contributed by atoms with Crippen LogP contribution in [0.3, 0.4) is 0 Å². The van der Waals surface area contributed by atoms with Gasteiger partial charge in [0.1, 0.15) is 5.75 Å². The maximum Gasteiger partial charge on any atom is 0.309 e. The number of hydrogen-bond donors (Lipinski definition) is 1. The summed E-state index contributed by atoms with van der Waals surface area (Å²) in [6.45, 7) is 0. The van der Waals surface area contributed by atoms with Crippen molar-refractivity contribution >= 4 is 17.6 Å². The SMILES string of the molecule is COc1ccc(Cl)cc1CC1(C(=O)O)CC1. The smallest absolute Gasteiger partial charge is 0.309 e. The molecule has 0 spiro atoms. The second-order valence-electron chi connectivity index (χ2n) is 4.22. The first-order valence-corrected chi connectivity index (χ1v) is 5.51. The molecule has 4 heteroatoms. The van der Waals surface area contributed by atoms with E-state index in [0.29, 0.717) is 17.2 Å². The van der Waals surface area contributed by atoms with Crippen LogP contribution in [-0.4, -0.2) is 18.2 Å². The number of carboxylic acids is 1. The molecule has 1 N–H and O–H groups in total. The summed E-state index contributed by atoms with van der Waals surface area (Å²) in [4.78, 5) is 11.1. The van der Waals surface area contributed by atoms with Crippen LogP contribution in [-0.2, 0) is 11.2 Å². The van der Waals surface area contributed by atoms with Crippen LogP contribution in [0.15, 0.2) is 18.2 Å². The maximum absolute atomic E-state index is 11.1. The monoisotopic (exact) mass is 240 g/mol. The predicted molar refractivity (Wildman–Crippen MR) is 61.0 cm³/mol. The Labute approximate surface area is 99.0 Å². The molecule has 0 atom stereocenters. The largest absolute Gasteiger partial charge is 0.496 e. The third-order valence-electron chi connectivity index (χ3n) is 3.08. The van der Waals surface area contributed by atoms with Crippen LogP contribution in [0.1, 0.15) is 18.4 Å². The molecule has 0 heterocycles. The molecule has 0 bridgehead atoms. The van der Waals surface area contributed by atoms with Gasteiger partial charge in [-0.15, -0.1) is 0 Å². The normalized spacial score (nSPS) is 16.9. The number of hydrogen-bond acceptors (Lipinski definition) is 2. The van der Waals surface area contributed by atoms with Crippen molar-refractivity contribution in [1.29, 1.82) is 0 Å². The molecule has 0 amide bonds. The summed E-state index contributed by atoms with van der Waals surface area (Å²) in [6, 6.07) is 5.29. The number of ether oxygens (including phenoxy) is 1. The van der Waals surface area contributed by atoms with Crippen LogP contribution >= 0.6 is 11.6 Å². The van der Waals surface area contributed by atoms with Crippen molar-refractivity contribution in [3.8, 4) is 5.75 Å². The third kappa shape index (κ3) is 2.00. The van der Waals surface area contributed by atoms with E-state index >= 15 is 0 Å². The molecule has 1 saturated carbocycles. The predicted octanol–water partition coefficient (Wildman–Crippen LogP) is 2.76. The summed E-state index contributed by atoms with van der Waals surface area (Å²) in [5.74, 6) is -0.0218. The van der Waals surface area contributed by atoms with Crippen LogP contribution in [0.4, 0.5) is 0 Å². The first-order valence-electron chi connectivity index (χ1n) is 5.13. The number of rotatable bonds is 4. The number of carboxylic acid groups (broad SMARTS) is 1. The minimum atomic E-state index is -0.727. The molecule has 1 aliphatic rings. The molecule has 1 aliphatic carbocycles. The van der Waals surface area contributed by atoms with Gasteiger partial charge >= 0.3 is 5.97 Å². The van der Waals surface area contributed by atoms with Gasteiger partial charge in [-0.2, -0.15) is 0 Å². The molecular formula is C12H13ClO3. The Morgan fingerprint density at radius 3 is 2.75 bits per heavy atom. The first kappa shape index (κ1) is 11.3. The molecule has 0 radical (unpaired) electrons. The van der Waals surface area contributed by atoms with Crippen molar-refractivity contribution in [1.82, 2.24) is 0 Å². The van der Waals surface area contributed by atoms with Gasteiger partial charge in [0.2, 0.25) is 0 Å². The second-order valence-corrected chi connectivity index (χ2v) is 4.65. The van der Waals surface area contributed by atoms with E-state index in [4.69, 9.17) is 21.4 Å². The van der Waals surface area contributed by atoms with E-state index in [1.165, 1.54) is 0 Å². The summed E-state index contributed by atoms with van der Waals surface area (Å²) in [5, 5.41) is 9.73. The average molecular weight is 241 g/mol. The molecule has 1 fully saturated rings. The molecule has 2 rings (SSSR count). The van der Waals surface area contributed by atoms with Crippen LogP contribution in [0.5, 0.6) is 5.75 Å². The van der Waals surface area contributed by atoms with Gasteiger partial charge in [-0.3, -0.25) is 4.79 Å². The van der Waals surface area contributed by atoms with Gasteiger partial charge in [-0.1, -0.05) is 11.6 Å². The van der Waals surface area contributed by atoms with E-state index in [1.807, 2.05) is 0 Å². The fourth-order valence-corrected chi connectivity index (χ4v) is 2.06. The Morgan fingerprint density at radius 2 is 2.25 bits per heavy atom. The number of aliphatic carboxylic acids is 1. The van der Waals surface area contributed by atoms with E-state index in [-0.39, 0.29) is 0 Å². The molecule has 0 saturated heterocycles. The molecule has 1 aromatic rings. The van der Waals surface area contributed by atoms with Gasteiger partial charge in [0.05, 0.1) is 12.5 Å². The number of carbonyl (C=O) groups is 1. The fraction of sp³-hybridized carbons (Fsp3) is 0.417. The zero-order chi connectivity index (χ0) is 11.8. The minimum absolute atomic E-state index is 0.492. The molecular weight excluding hydrogens is 228 g/mol. The Bertz CT molecular complexity index is 424. The summed E-state index contributed by atoms with van der Waals surface area (Å²) >= 11 is 5.90. The Kier molecular flexibility index (Phi) is 2.80. The molecule has 0 aromatic heterocycles. The van der Waals surface area contributed by atoms with Crippen molar-refractivity contribution < 1.29 is 14.6 Å². The number of halogens is 1. The highest BCUT2D eigenvalue weighted by atomic mass is 35.5. The maximum atomic E-state index is 11.1. The van der Waals surface area contributed by atoms with E-state index in [9.17, 15) is 4.79 Å². The van der Waals surface area contributed by atoms with Gasteiger partial charge in [0, 0.05) is 5.02 Å². The van der Waals surface area contributed by atoms with E-state index < -0.39 is 11.4 Å². The Hall–Kier alpha value is -1.22. The molecule has 0 unspecified atom stereocenters. The topological polar surface area (TPSA) is 46.5 Å². The number of methoxy groups -OCH3 is 1. The highest BCUT2D eigenvalue weighted by Gasteiger charge is 2.50. The highest BCUT2D eigenvalue weighted by Crippen LogP contribution is 2.49. The Morgan fingerprint density at radius 1 is 1.56 bits per heavy atom. The van der Waals surface area contributed by atoms with Gasteiger partial charge in [-0.05, 0) is 43.0 Å². The summed E-state index contributed by atoms with van der Waals surface area (Å²) < 4.78 is 5.20. The van der Waals surface area contributed by atoms with Gasteiger partial charge in [-0.25, -0.2) is 0 Å². The molecule has 3 nitrogen and oxygen atoms in total. The highest BCUT2D eigenvalue weighted by molar-refractivity contribution is 6.30. The molecule has 1 aromatic carbocycles. The lowest BCUT2D eigenvalue weighted by molar-refractivity contribution is -0.143. The zero-order valence-electron chi connectivity index (χ0n) is 9.00. The van der Waals surface area contributed by atoms with E-state index in [2.05, 4.69) is 0 Å². The Balaban J connectivity index is 2.27. The fourth-order valence-electron chi connectivity index (χ4n) is 1.87. The molecule has 16 heavy (non-hydrogen) atoms. The lowest BCUT2D eigenvalue weighted by atomic mass is 9.96. The summed E-state index contributed by atoms with van der Waals surface area (Å²) in [6.07, 6.45) is 1.96. The van der Waals surface area contributed by atoms with Crippen LogP contribution in [0.2, 0.25) is 5.02 Å². The molecule has 86 valence electrons. The van der Waals surface area contributed by atoms with Gasteiger partial charge < -0.3 is 9.84 Å². The summed E-state index contributed by atoms with van der Waals surface area (Å²) in [7, 11) is 1.58. The van der Waals surface area contributed by atoms with Crippen molar-refractivity contribution in [2.24, 2.45) is 5.41 Å². The minimum Gasteiger partial charge on any atom is -0.496 e. The number of benzene rings is 1. The van der Waals surface area contributed by atoms with E-state index in [0.717, 1.165) is 18.4 Å². The van der Waals surface area contributed by atoms with Crippen molar-refractivity contribution in [3.63, 3.8) is 0 Å². The quantitative estimate of drug-likeness (QED) is 0.880. The standard InChI is InChI=1S/C12H13ClO3/c1-16-10-3-2-9(13)6-8(10)7-12(4-5-12)11(14)15/h2-3,6H,4-5,7H2,1H3,(H,14,15). The molecule has 0 aliphatic heterocycles. The van der Waals surface area contributed by atoms with E-state index in [1.54, 1.807) is 25.3 Å². The third-order valence-corrected chi connectivity index (χ3v) is 3.31. The van der Waals surface area contributed by atoms with Crippen LogP contribution in [0.25, 0.3) is 0 Å². The average Bonchev–Trinajstić information content (AvgIpc) is 2.99. The van der Waals surface area contributed by atoms with Crippen LogP contribution in [0, 0.1) is 5.41 Å².